The summed E-state index contributed by atoms with van der Waals surface area (Å²) < 4.78 is 5.04. The standard InChI is InChI=1S/C16H17NO3/c1-2-10-17-15(18)11-20-16(19)14-9-5-7-12-6-3-4-8-13(12)14/h3-9H,2,10-11H2,1H3,(H,17,18). The number of carbonyl (C=O) groups is 2. The summed E-state index contributed by atoms with van der Waals surface area (Å²) in [7, 11) is 0. The molecule has 0 atom stereocenters. The van der Waals surface area contributed by atoms with Crippen molar-refractivity contribution in [1.82, 2.24) is 5.32 Å². The topological polar surface area (TPSA) is 55.4 Å². The maximum absolute atomic E-state index is 12.0. The monoisotopic (exact) mass is 271 g/mol. The maximum atomic E-state index is 12.0. The summed E-state index contributed by atoms with van der Waals surface area (Å²) in [6.07, 6.45) is 0.850. The number of esters is 1. The highest BCUT2D eigenvalue weighted by Gasteiger charge is 2.12. The number of hydrogen-bond acceptors (Lipinski definition) is 3. The molecule has 2 aromatic carbocycles. The van der Waals surface area contributed by atoms with Gasteiger partial charge < -0.3 is 10.1 Å². The largest absolute Gasteiger partial charge is 0.452 e. The van der Waals surface area contributed by atoms with Crippen LogP contribution in [0.1, 0.15) is 23.7 Å². The Morgan fingerprint density at radius 1 is 1.10 bits per heavy atom. The van der Waals surface area contributed by atoms with E-state index in [9.17, 15) is 9.59 Å². The van der Waals surface area contributed by atoms with E-state index in [2.05, 4.69) is 5.32 Å². The number of fused-ring (bicyclic) bond motifs is 1. The lowest BCUT2D eigenvalue weighted by Crippen LogP contribution is -2.29. The van der Waals surface area contributed by atoms with Crippen LogP contribution in [0.25, 0.3) is 10.8 Å². The Kier molecular flexibility index (Phi) is 4.71. The van der Waals surface area contributed by atoms with Gasteiger partial charge in [0.05, 0.1) is 5.56 Å². The van der Waals surface area contributed by atoms with E-state index in [4.69, 9.17) is 4.74 Å². The first-order chi connectivity index (χ1) is 9.72. The van der Waals surface area contributed by atoms with Gasteiger partial charge >= 0.3 is 5.97 Å². The third-order valence-electron chi connectivity index (χ3n) is 2.92. The Hall–Kier alpha value is -2.36. The summed E-state index contributed by atoms with van der Waals surface area (Å²) in [4.78, 5) is 23.4. The molecule has 0 saturated heterocycles. The van der Waals surface area contributed by atoms with Crippen LogP contribution in [0.2, 0.25) is 0 Å². The third-order valence-corrected chi connectivity index (χ3v) is 2.92. The molecule has 0 spiro atoms. The SMILES string of the molecule is CCCNC(=O)COC(=O)c1cccc2ccccc12. The normalized spacial score (nSPS) is 10.2. The van der Waals surface area contributed by atoms with Crippen LogP contribution in [0.4, 0.5) is 0 Å². The molecule has 1 N–H and O–H groups in total. The second kappa shape index (κ2) is 6.70. The predicted molar refractivity (Wildman–Crippen MR) is 77.5 cm³/mol. The van der Waals surface area contributed by atoms with Gasteiger partial charge in [0.25, 0.3) is 5.91 Å². The molecule has 1 amide bonds. The van der Waals surface area contributed by atoms with Crippen molar-refractivity contribution in [2.45, 2.75) is 13.3 Å². The highest BCUT2D eigenvalue weighted by molar-refractivity contribution is 6.04. The summed E-state index contributed by atoms with van der Waals surface area (Å²) in [6.45, 7) is 2.30. The first-order valence-corrected chi connectivity index (χ1v) is 6.64. The molecule has 0 aliphatic heterocycles. The molecule has 0 fully saturated rings. The highest BCUT2D eigenvalue weighted by atomic mass is 16.5. The van der Waals surface area contributed by atoms with E-state index in [0.29, 0.717) is 12.1 Å². The highest BCUT2D eigenvalue weighted by Crippen LogP contribution is 2.19. The van der Waals surface area contributed by atoms with Crippen LogP contribution < -0.4 is 5.32 Å². The van der Waals surface area contributed by atoms with Gasteiger partial charge in [-0.3, -0.25) is 4.79 Å². The minimum atomic E-state index is -0.478. The Morgan fingerprint density at radius 2 is 1.85 bits per heavy atom. The molecule has 0 aliphatic carbocycles. The Balaban J connectivity index is 2.06. The number of amides is 1. The van der Waals surface area contributed by atoms with Crippen molar-refractivity contribution in [2.24, 2.45) is 0 Å². The van der Waals surface area contributed by atoms with E-state index in [1.165, 1.54) is 0 Å². The zero-order valence-corrected chi connectivity index (χ0v) is 11.4. The van der Waals surface area contributed by atoms with E-state index < -0.39 is 5.97 Å². The minimum absolute atomic E-state index is 0.248. The molecular weight excluding hydrogens is 254 g/mol. The van der Waals surface area contributed by atoms with Crippen molar-refractivity contribution in [3.8, 4) is 0 Å². The molecule has 104 valence electrons. The van der Waals surface area contributed by atoms with Gasteiger partial charge in [-0.2, -0.15) is 0 Å². The molecule has 0 radical (unpaired) electrons. The quantitative estimate of drug-likeness (QED) is 0.850. The molecule has 0 unspecified atom stereocenters. The lowest BCUT2D eigenvalue weighted by Gasteiger charge is -2.07. The van der Waals surface area contributed by atoms with Gasteiger partial charge in [0, 0.05) is 6.54 Å². The zero-order chi connectivity index (χ0) is 14.4. The number of rotatable bonds is 5. The third kappa shape index (κ3) is 3.35. The van der Waals surface area contributed by atoms with E-state index in [-0.39, 0.29) is 12.5 Å². The van der Waals surface area contributed by atoms with Gasteiger partial charge in [0.2, 0.25) is 0 Å². The fourth-order valence-electron chi connectivity index (χ4n) is 1.93. The van der Waals surface area contributed by atoms with Crippen molar-refractivity contribution in [2.75, 3.05) is 13.2 Å². The summed E-state index contributed by atoms with van der Waals surface area (Å²) >= 11 is 0. The Labute approximate surface area is 117 Å². The second-order valence-corrected chi connectivity index (χ2v) is 4.45. The smallest absolute Gasteiger partial charge is 0.339 e. The van der Waals surface area contributed by atoms with E-state index in [1.807, 2.05) is 37.3 Å². The molecule has 4 heteroatoms. The van der Waals surface area contributed by atoms with Gasteiger partial charge in [0.1, 0.15) is 0 Å². The Morgan fingerprint density at radius 3 is 2.65 bits per heavy atom. The van der Waals surface area contributed by atoms with Crippen molar-refractivity contribution < 1.29 is 14.3 Å². The van der Waals surface area contributed by atoms with Crippen LogP contribution >= 0.6 is 0 Å². The Bertz CT molecular complexity index is 617. The molecule has 4 nitrogen and oxygen atoms in total. The number of nitrogens with one attached hydrogen (secondary N) is 1. The van der Waals surface area contributed by atoms with Gasteiger partial charge in [-0.15, -0.1) is 0 Å². The average Bonchev–Trinajstić information content (AvgIpc) is 2.50. The summed E-state index contributed by atoms with van der Waals surface area (Å²) in [6, 6.07) is 13.0. The van der Waals surface area contributed by atoms with Gasteiger partial charge in [-0.25, -0.2) is 4.79 Å². The average molecular weight is 271 g/mol. The minimum Gasteiger partial charge on any atom is -0.452 e. The van der Waals surface area contributed by atoms with Gasteiger partial charge in [-0.1, -0.05) is 43.3 Å². The first-order valence-electron chi connectivity index (χ1n) is 6.64. The maximum Gasteiger partial charge on any atom is 0.339 e. The molecule has 0 aliphatic rings. The molecule has 0 heterocycles. The molecule has 0 saturated carbocycles. The van der Waals surface area contributed by atoms with E-state index in [0.717, 1.165) is 17.2 Å². The van der Waals surface area contributed by atoms with Crippen LogP contribution in [0.15, 0.2) is 42.5 Å². The molecule has 20 heavy (non-hydrogen) atoms. The lowest BCUT2D eigenvalue weighted by atomic mass is 10.1. The lowest BCUT2D eigenvalue weighted by molar-refractivity contribution is -0.124. The first kappa shape index (κ1) is 14.1. The molecule has 0 aromatic heterocycles. The van der Waals surface area contributed by atoms with Crippen LogP contribution in [0, 0.1) is 0 Å². The number of benzene rings is 2. The number of carbonyl (C=O) groups excluding carboxylic acids is 2. The van der Waals surface area contributed by atoms with Crippen LogP contribution in [-0.2, 0) is 9.53 Å². The van der Waals surface area contributed by atoms with Crippen molar-refractivity contribution in [3.63, 3.8) is 0 Å². The zero-order valence-electron chi connectivity index (χ0n) is 11.4. The van der Waals surface area contributed by atoms with E-state index >= 15 is 0 Å². The van der Waals surface area contributed by atoms with Gasteiger partial charge in [-0.05, 0) is 23.3 Å². The number of ether oxygens (including phenoxy) is 1. The summed E-state index contributed by atoms with van der Waals surface area (Å²) in [5, 5.41) is 4.46. The van der Waals surface area contributed by atoms with Crippen LogP contribution in [0.3, 0.4) is 0 Å². The fourth-order valence-corrected chi connectivity index (χ4v) is 1.93. The molecule has 2 rings (SSSR count). The summed E-state index contributed by atoms with van der Waals surface area (Å²) in [5.41, 5.74) is 0.478. The number of hydrogen-bond donors (Lipinski definition) is 1. The molecule has 2 aromatic rings. The second-order valence-electron chi connectivity index (χ2n) is 4.45. The molecular formula is C16H17NO3. The van der Waals surface area contributed by atoms with Crippen LogP contribution in [-0.4, -0.2) is 25.0 Å². The molecule has 0 bridgehead atoms. The fraction of sp³-hybridized carbons (Fsp3) is 0.250. The van der Waals surface area contributed by atoms with Crippen molar-refractivity contribution in [3.05, 3.63) is 48.0 Å². The van der Waals surface area contributed by atoms with Crippen molar-refractivity contribution in [1.29, 1.82) is 0 Å². The van der Waals surface area contributed by atoms with Crippen molar-refractivity contribution >= 4 is 22.6 Å². The van der Waals surface area contributed by atoms with Crippen LogP contribution in [0.5, 0.6) is 0 Å². The van der Waals surface area contributed by atoms with Gasteiger partial charge in [0.15, 0.2) is 6.61 Å². The predicted octanol–water partition coefficient (Wildman–Crippen LogP) is 2.52. The van der Waals surface area contributed by atoms with E-state index in [1.54, 1.807) is 12.1 Å². The summed E-state index contributed by atoms with van der Waals surface area (Å²) in [5.74, 6) is -0.756.